The molecule has 7 heteroatoms. The van der Waals surface area contributed by atoms with E-state index in [-0.39, 0.29) is 16.2 Å². The van der Waals surface area contributed by atoms with Gasteiger partial charge in [0.15, 0.2) is 5.11 Å². The van der Waals surface area contributed by atoms with Crippen LogP contribution in [0.2, 0.25) is 0 Å². The second-order valence-corrected chi connectivity index (χ2v) is 7.90. The van der Waals surface area contributed by atoms with E-state index in [1.165, 1.54) is 29.7 Å². The third kappa shape index (κ3) is 6.13. The molecule has 1 aliphatic rings. The summed E-state index contributed by atoms with van der Waals surface area (Å²) >= 11 is 4.83. The van der Waals surface area contributed by atoms with Crippen LogP contribution in [0.4, 0.5) is 5.69 Å². The number of thiocarbonyl (C=S) groups is 1. The number of nitrogens with two attached hydrogens (primary N) is 1. The van der Waals surface area contributed by atoms with E-state index in [4.69, 9.17) is 18.0 Å². The number of nitro groups is 1. The van der Waals surface area contributed by atoms with Gasteiger partial charge in [-0.15, -0.1) is 0 Å². The molecule has 0 heterocycles. The van der Waals surface area contributed by atoms with Gasteiger partial charge in [-0.05, 0) is 79.2 Å². The van der Waals surface area contributed by atoms with E-state index in [2.05, 4.69) is 37.4 Å². The molecule has 0 fully saturated rings. The lowest BCUT2D eigenvalue weighted by Gasteiger charge is -2.32. The Morgan fingerprint density at radius 3 is 2.50 bits per heavy atom. The lowest BCUT2D eigenvalue weighted by atomic mass is 9.72. The van der Waals surface area contributed by atoms with Crippen molar-refractivity contribution >= 4 is 34.8 Å². The molecule has 0 aromatic heterocycles. The zero-order valence-electron chi connectivity index (χ0n) is 16.4. The zero-order chi connectivity index (χ0) is 20.7. The number of benzene rings is 1. The Morgan fingerprint density at radius 2 is 1.93 bits per heavy atom. The Bertz CT molecular complexity index is 865. The molecule has 0 aliphatic heterocycles. The molecule has 0 saturated carbocycles. The molecule has 1 aromatic carbocycles. The van der Waals surface area contributed by atoms with Crippen LogP contribution in [-0.2, 0) is 0 Å². The Hall–Kier alpha value is -2.80. The van der Waals surface area contributed by atoms with Crippen LogP contribution in [0, 0.1) is 15.5 Å². The number of hydrogen-bond donors (Lipinski definition) is 2. The van der Waals surface area contributed by atoms with Crippen molar-refractivity contribution in [2.24, 2.45) is 16.3 Å². The van der Waals surface area contributed by atoms with Gasteiger partial charge < -0.3 is 5.73 Å². The maximum Gasteiger partial charge on any atom is 0.269 e. The summed E-state index contributed by atoms with van der Waals surface area (Å²) in [6.07, 6.45) is 11.2. The highest BCUT2D eigenvalue weighted by atomic mass is 32.1. The molecular weight excluding hydrogens is 372 g/mol. The van der Waals surface area contributed by atoms with Gasteiger partial charge in [-0.25, -0.2) is 0 Å². The van der Waals surface area contributed by atoms with Crippen LogP contribution >= 0.6 is 12.2 Å². The molecule has 2 rings (SSSR count). The normalized spacial score (nSPS) is 17.3. The fourth-order valence-corrected chi connectivity index (χ4v) is 3.36. The average Bonchev–Trinajstić information content (AvgIpc) is 2.62. The van der Waals surface area contributed by atoms with Gasteiger partial charge in [-0.1, -0.05) is 31.6 Å². The highest BCUT2D eigenvalue weighted by Gasteiger charge is 2.26. The molecule has 0 saturated heterocycles. The largest absolute Gasteiger partial charge is 0.375 e. The minimum Gasteiger partial charge on any atom is -0.375 e. The van der Waals surface area contributed by atoms with Crippen molar-refractivity contribution in [2.45, 2.75) is 40.0 Å². The minimum atomic E-state index is -0.419. The molecule has 0 radical (unpaired) electrons. The van der Waals surface area contributed by atoms with Crippen LogP contribution in [0.1, 0.15) is 45.6 Å². The smallest absolute Gasteiger partial charge is 0.269 e. The van der Waals surface area contributed by atoms with Crippen molar-refractivity contribution < 1.29 is 4.92 Å². The topological polar surface area (TPSA) is 93.5 Å². The van der Waals surface area contributed by atoms with E-state index < -0.39 is 4.92 Å². The van der Waals surface area contributed by atoms with Crippen molar-refractivity contribution in [3.05, 3.63) is 69.3 Å². The van der Waals surface area contributed by atoms with E-state index in [9.17, 15) is 10.1 Å². The number of nitrogens with zero attached hydrogens (tertiary/aromatic N) is 2. The fraction of sp³-hybridized carbons (Fsp3) is 0.333. The maximum atomic E-state index is 10.8. The van der Waals surface area contributed by atoms with Crippen molar-refractivity contribution in [2.75, 3.05) is 0 Å². The fourth-order valence-electron chi connectivity index (χ4n) is 3.32. The molecule has 6 nitrogen and oxygen atoms in total. The Kier molecular flexibility index (Phi) is 7.23. The second-order valence-electron chi connectivity index (χ2n) is 7.46. The summed E-state index contributed by atoms with van der Waals surface area (Å²) in [7, 11) is 0. The van der Waals surface area contributed by atoms with Gasteiger partial charge in [0.1, 0.15) is 0 Å². The monoisotopic (exact) mass is 398 g/mol. The summed E-state index contributed by atoms with van der Waals surface area (Å²) < 4.78 is 0. The van der Waals surface area contributed by atoms with E-state index in [0.29, 0.717) is 5.71 Å². The Morgan fingerprint density at radius 1 is 1.29 bits per heavy atom. The number of hydrogen-bond acceptors (Lipinski definition) is 4. The molecule has 1 aromatic rings. The molecule has 0 unspecified atom stereocenters. The van der Waals surface area contributed by atoms with Gasteiger partial charge in [0.05, 0.1) is 10.6 Å². The highest BCUT2D eigenvalue weighted by molar-refractivity contribution is 7.80. The van der Waals surface area contributed by atoms with E-state index in [1.807, 2.05) is 18.2 Å². The zero-order valence-corrected chi connectivity index (χ0v) is 17.3. The van der Waals surface area contributed by atoms with Gasteiger partial charge in [-0.3, -0.25) is 15.5 Å². The summed E-state index contributed by atoms with van der Waals surface area (Å²) in [5.74, 6) is 0. The SMILES string of the molecule is CC1=C(C=CC(C=Cc2ccc([N+](=O)[O-])cc2)=NNC(N)=S)C(C)(C)CCC1. The first-order valence-electron chi connectivity index (χ1n) is 9.13. The third-order valence-electron chi connectivity index (χ3n) is 4.81. The summed E-state index contributed by atoms with van der Waals surface area (Å²) in [5, 5.41) is 15.1. The first kappa shape index (κ1) is 21.5. The predicted molar refractivity (Wildman–Crippen MR) is 119 cm³/mol. The number of non-ortho nitro benzene ring substituents is 1. The third-order valence-corrected chi connectivity index (χ3v) is 4.90. The summed E-state index contributed by atoms with van der Waals surface area (Å²) in [6.45, 7) is 6.69. The lowest BCUT2D eigenvalue weighted by molar-refractivity contribution is -0.384. The van der Waals surface area contributed by atoms with Gasteiger partial charge in [0, 0.05) is 12.1 Å². The van der Waals surface area contributed by atoms with Crippen molar-refractivity contribution in [3.8, 4) is 0 Å². The average molecular weight is 399 g/mol. The molecule has 0 amide bonds. The molecule has 148 valence electrons. The molecule has 28 heavy (non-hydrogen) atoms. The van der Waals surface area contributed by atoms with Crippen LogP contribution < -0.4 is 11.2 Å². The summed E-state index contributed by atoms with van der Waals surface area (Å²) in [6, 6.07) is 6.32. The van der Waals surface area contributed by atoms with Crippen molar-refractivity contribution in [3.63, 3.8) is 0 Å². The van der Waals surface area contributed by atoms with Crippen LogP contribution in [0.15, 0.2) is 58.7 Å². The number of nitrogens with one attached hydrogen (secondary N) is 1. The Balaban J connectivity index is 2.26. The van der Waals surface area contributed by atoms with E-state index >= 15 is 0 Å². The molecule has 0 bridgehead atoms. The quantitative estimate of drug-likeness (QED) is 0.308. The molecule has 3 N–H and O–H groups in total. The highest BCUT2D eigenvalue weighted by Crippen LogP contribution is 2.40. The van der Waals surface area contributed by atoms with Crippen LogP contribution in [-0.4, -0.2) is 15.7 Å². The molecule has 0 atom stereocenters. The summed E-state index contributed by atoms with van der Waals surface area (Å²) in [4.78, 5) is 10.3. The van der Waals surface area contributed by atoms with Gasteiger partial charge in [0.25, 0.3) is 5.69 Å². The number of hydrazone groups is 1. The first-order valence-corrected chi connectivity index (χ1v) is 9.54. The lowest BCUT2D eigenvalue weighted by Crippen LogP contribution is -2.25. The Labute approximate surface area is 171 Å². The molecular formula is C21H26N4O2S. The standard InChI is InChI=1S/C21H26N4O2S/c1-15-5-4-14-21(2,3)19(15)13-10-17(23-24-20(22)28)9-6-16-7-11-18(12-8-16)25(26)27/h6-13H,4-5,14H2,1-3H3,(H3,22,24,28). The predicted octanol–water partition coefficient (Wildman–Crippen LogP) is 4.88. The summed E-state index contributed by atoms with van der Waals surface area (Å²) in [5.41, 5.74) is 12.5. The number of nitro benzene ring substituents is 1. The number of rotatable bonds is 6. The van der Waals surface area contributed by atoms with E-state index in [0.717, 1.165) is 18.4 Å². The van der Waals surface area contributed by atoms with Crippen molar-refractivity contribution in [1.82, 2.24) is 5.43 Å². The van der Waals surface area contributed by atoms with Crippen molar-refractivity contribution in [1.29, 1.82) is 0 Å². The molecule has 0 spiro atoms. The van der Waals surface area contributed by atoms with Crippen LogP contribution in [0.5, 0.6) is 0 Å². The van der Waals surface area contributed by atoms with Crippen LogP contribution in [0.3, 0.4) is 0 Å². The first-order chi connectivity index (χ1) is 13.2. The van der Waals surface area contributed by atoms with Gasteiger partial charge >= 0.3 is 0 Å². The van der Waals surface area contributed by atoms with Gasteiger partial charge in [0.2, 0.25) is 0 Å². The number of allylic oxidation sites excluding steroid dienone is 5. The minimum absolute atomic E-state index is 0.0584. The van der Waals surface area contributed by atoms with E-state index in [1.54, 1.807) is 12.1 Å². The van der Waals surface area contributed by atoms with Crippen LogP contribution in [0.25, 0.3) is 6.08 Å². The second kappa shape index (κ2) is 9.41. The maximum absolute atomic E-state index is 10.8. The molecule has 1 aliphatic carbocycles. The van der Waals surface area contributed by atoms with Gasteiger partial charge in [-0.2, -0.15) is 5.10 Å².